The number of aliphatic hydroxyl groups excluding tert-OH is 1. The first-order valence-electron chi connectivity index (χ1n) is 5.96. The highest BCUT2D eigenvalue weighted by atomic mass is 19.4. The van der Waals surface area contributed by atoms with Gasteiger partial charge in [0.15, 0.2) is 5.69 Å². The Bertz CT molecular complexity index is 389. The van der Waals surface area contributed by atoms with Gasteiger partial charge in [-0.3, -0.25) is 5.10 Å². The molecule has 0 unspecified atom stereocenters. The van der Waals surface area contributed by atoms with Gasteiger partial charge in [0.2, 0.25) is 0 Å². The average molecular weight is 263 g/mol. The molecular weight excluding hydrogens is 247 g/mol. The van der Waals surface area contributed by atoms with Crippen LogP contribution in [0.4, 0.5) is 13.2 Å². The SMILES string of the molecule is OCCN1CCC[C@H](c2cc(C(F)(F)F)n[nH]2)C1. The number of piperidine rings is 1. The van der Waals surface area contributed by atoms with Crippen molar-refractivity contribution in [1.82, 2.24) is 15.1 Å². The lowest BCUT2D eigenvalue weighted by atomic mass is 9.94. The Kier molecular flexibility index (Phi) is 3.91. The molecule has 1 aromatic rings. The van der Waals surface area contributed by atoms with Gasteiger partial charge in [0.1, 0.15) is 0 Å². The maximum atomic E-state index is 12.4. The lowest BCUT2D eigenvalue weighted by molar-refractivity contribution is -0.141. The first-order valence-corrected chi connectivity index (χ1v) is 5.96. The highest BCUT2D eigenvalue weighted by Gasteiger charge is 2.35. The van der Waals surface area contributed by atoms with Crippen molar-refractivity contribution in [3.05, 3.63) is 17.5 Å². The van der Waals surface area contributed by atoms with E-state index in [1.54, 1.807) is 0 Å². The Morgan fingerprint density at radius 3 is 2.89 bits per heavy atom. The van der Waals surface area contributed by atoms with E-state index in [4.69, 9.17) is 5.11 Å². The molecule has 0 aromatic carbocycles. The molecule has 0 amide bonds. The fourth-order valence-electron chi connectivity index (χ4n) is 2.34. The number of rotatable bonds is 3. The highest BCUT2D eigenvalue weighted by Crippen LogP contribution is 2.31. The predicted octanol–water partition coefficient (Wildman–Crippen LogP) is 1.60. The van der Waals surface area contributed by atoms with Gasteiger partial charge in [-0.1, -0.05) is 0 Å². The molecule has 18 heavy (non-hydrogen) atoms. The van der Waals surface area contributed by atoms with Crippen molar-refractivity contribution in [2.24, 2.45) is 0 Å². The first-order chi connectivity index (χ1) is 8.50. The summed E-state index contributed by atoms with van der Waals surface area (Å²) in [6.07, 6.45) is -2.62. The van der Waals surface area contributed by atoms with Crippen molar-refractivity contribution in [3.8, 4) is 0 Å². The molecule has 0 saturated carbocycles. The van der Waals surface area contributed by atoms with Crippen LogP contribution in [0.5, 0.6) is 0 Å². The molecule has 0 spiro atoms. The van der Waals surface area contributed by atoms with Gasteiger partial charge in [-0.15, -0.1) is 0 Å². The van der Waals surface area contributed by atoms with Crippen LogP contribution in [0.25, 0.3) is 0 Å². The summed E-state index contributed by atoms with van der Waals surface area (Å²) in [5.41, 5.74) is -0.332. The van der Waals surface area contributed by atoms with Crippen LogP contribution in [0, 0.1) is 0 Å². The van der Waals surface area contributed by atoms with Gasteiger partial charge in [-0.05, 0) is 25.5 Å². The van der Waals surface area contributed by atoms with Crippen molar-refractivity contribution >= 4 is 0 Å². The van der Waals surface area contributed by atoms with Crippen molar-refractivity contribution in [2.45, 2.75) is 24.9 Å². The van der Waals surface area contributed by atoms with Gasteiger partial charge in [0.25, 0.3) is 0 Å². The number of aromatic nitrogens is 2. The van der Waals surface area contributed by atoms with E-state index < -0.39 is 11.9 Å². The normalized spacial score (nSPS) is 22.3. The van der Waals surface area contributed by atoms with Crippen molar-refractivity contribution in [3.63, 3.8) is 0 Å². The summed E-state index contributed by atoms with van der Waals surface area (Å²) < 4.78 is 37.3. The summed E-state index contributed by atoms with van der Waals surface area (Å²) in [6, 6.07) is 1.09. The van der Waals surface area contributed by atoms with Crippen LogP contribution in [-0.2, 0) is 6.18 Å². The molecular formula is C11H16F3N3O. The number of β-amino-alcohol motifs (C(OH)–C–C–N with tert-alkyl or cyclic N) is 1. The van der Waals surface area contributed by atoms with Crippen LogP contribution in [0.1, 0.15) is 30.1 Å². The first kappa shape index (κ1) is 13.4. The summed E-state index contributed by atoms with van der Waals surface area (Å²) in [6.45, 7) is 2.19. The molecule has 4 nitrogen and oxygen atoms in total. The fourth-order valence-corrected chi connectivity index (χ4v) is 2.34. The van der Waals surface area contributed by atoms with Gasteiger partial charge in [-0.2, -0.15) is 18.3 Å². The number of alkyl halides is 3. The third-order valence-corrected chi connectivity index (χ3v) is 3.25. The van der Waals surface area contributed by atoms with Gasteiger partial charge in [0.05, 0.1) is 6.61 Å². The standard InChI is InChI=1S/C11H16F3N3O/c12-11(13,14)10-6-9(15-16-10)8-2-1-3-17(7-8)4-5-18/h6,8,18H,1-5,7H2,(H,15,16)/t8-/m0/s1. The zero-order chi connectivity index (χ0) is 13.2. The number of aromatic amines is 1. The number of nitrogens with one attached hydrogen (secondary N) is 1. The van der Waals surface area contributed by atoms with E-state index in [1.807, 2.05) is 0 Å². The molecule has 102 valence electrons. The van der Waals surface area contributed by atoms with Crippen LogP contribution in [0.15, 0.2) is 6.07 Å². The average Bonchev–Trinajstić information content (AvgIpc) is 2.78. The number of likely N-dealkylation sites (tertiary alicyclic amines) is 1. The monoisotopic (exact) mass is 263 g/mol. The highest BCUT2D eigenvalue weighted by molar-refractivity contribution is 5.16. The maximum absolute atomic E-state index is 12.4. The van der Waals surface area contributed by atoms with E-state index in [9.17, 15) is 13.2 Å². The number of halogens is 3. The Morgan fingerprint density at radius 1 is 1.50 bits per heavy atom. The van der Waals surface area contributed by atoms with E-state index in [-0.39, 0.29) is 12.5 Å². The topological polar surface area (TPSA) is 52.1 Å². The molecule has 1 aromatic heterocycles. The molecule has 1 saturated heterocycles. The van der Waals surface area contributed by atoms with Gasteiger partial charge in [-0.25, -0.2) is 0 Å². The van der Waals surface area contributed by atoms with Crippen molar-refractivity contribution < 1.29 is 18.3 Å². The summed E-state index contributed by atoms with van der Waals surface area (Å²) >= 11 is 0. The minimum absolute atomic E-state index is 0.0360. The Balaban J connectivity index is 2.05. The van der Waals surface area contributed by atoms with Crippen molar-refractivity contribution in [2.75, 3.05) is 26.2 Å². The Morgan fingerprint density at radius 2 is 2.28 bits per heavy atom. The molecule has 2 N–H and O–H groups in total. The molecule has 2 heterocycles. The Labute approximate surface area is 103 Å². The summed E-state index contributed by atoms with van der Waals surface area (Å²) in [5.74, 6) is 0.0360. The minimum Gasteiger partial charge on any atom is -0.395 e. The largest absolute Gasteiger partial charge is 0.435 e. The quantitative estimate of drug-likeness (QED) is 0.871. The van der Waals surface area contributed by atoms with E-state index in [0.717, 1.165) is 25.5 Å². The molecule has 7 heteroatoms. The van der Waals surface area contributed by atoms with E-state index in [1.165, 1.54) is 0 Å². The third kappa shape index (κ3) is 3.02. The molecule has 1 atom stereocenters. The molecule has 1 aliphatic rings. The van der Waals surface area contributed by atoms with Crippen LogP contribution in [0.2, 0.25) is 0 Å². The van der Waals surface area contributed by atoms with E-state index in [2.05, 4.69) is 15.1 Å². The molecule has 0 radical (unpaired) electrons. The van der Waals surface area contributed by atoms with Crippen LogP contribution in [-0.4, -0.2) is 46.4 Å². The number of H-pyrrole nitrogens is 1. The molecule has 0 aliphatic carbocycles. The number of aliphatic hydroxyl groups is 1. The molecule has 0 bridgehead atoms. The zero-order valence-corrected chi connectivity index (χ0v) is 9.87. The summed E-state index contributed by atoms with van der Waals surface area (Å²) in [5, 5.41) is 14.7. The van der Waals surface area contributed by atoms with Gasteiger partial charge >= 0.3 is 6.18 Å². The Hall–Kier alpha value is -1.08. The van der Waals surface area contributed by atoms with E-state index >= 15 is 0 Å². The number of hydrogen-bond donors (Lipinski definition) is 2. The fraction of sp³-hybridized carbons (Fsp3) is 0.727. The predicted molar refractivity (Wildman–Crippen MR) is 59.1 cm³/mol. The van der Waals surface area contributed by atoms with E-state index in [0.29, 0.717) is 18.8 Å². The molecule has 1 aliphatic heterocycles. The number of hydrogen-bond acceptors (Lipinski definition) is 3. The maximum Gasteiger partial charge on any atom is 0.435 e. The smallest absolute Gasteiger partial charge is 0.395 e. The van der Waals surface area contributed by atoms with Gasteiger partial charge in [0, 0.05) is 24.7 Å². The second-order valence-corrected chi connectivity index (χ2v) is 4.57. The molecule has 1 fully saturated rings. The zero-order valence-electron chi connectivity index (χ0n) is 9.87. The van der Waals surface area contributed by atoms with Gasteiger partial charge < -0.3 is 10.0 Å². The van der Waals surface area contributed by atoms with Crippen LogP contribution < -0.4 is 0 Å². The number of nitrogens with zero attached hydrogens (tertiary/aromatic N) is 2. The molecule has 2 rings (SSSR count). The lowest BCUT2D eigenvalue weighted by Crippen LogP contribution is -2.36. The summed E-state index contributed by atoms with van der Waals surface area (Å²) in [7, 11) is 0. The van der Waals surface area contributed by atoms with Crippen LogP contribution >= 0.6 is 0 Å². The second kappa shape index (κ2) is 5.27. The minimum atomic E-state index is -4.39. The lowest BCUT2D eigenvalue weighted by Gasteiger charge is -2.31. The third-order valence-electron chi connectivity index (χ3n) is 3.25. The van der Waals surface area contributed by atoms with Crippen molar-refractivity contribution in [1.29, 1.82) is 0 Å². The van der Waals surface area contributed by atoms with Crippen LogP contribution in [0.3, 0.4) is 0 Å². The summed E-state index contributed by atoms with van der Waals surface area (Å²) in [4.78, 5) is 2.06. The second-order valence-electron chi connectivity index (χ2n) is 4.57.